The lowest BCUT2D eigenvalue weighted by Gasteiger charge is -2.19. The molecule has 0 saturated carbocycles. The topological polar surface area (TPSA) is 29.3 Å². The van der Waals surface area contributed by atoms with E-state index < -0.39 is 11.6 Å². The highest BCUT2D eigenvalue weighted by molar-refractivity contribution is 5.55. The van der Waals surface area contributed by atoms with Crippen LogP contribution in [0.3, 0.4) is 0 Å². The predicted octanol–water partition coefficient (Wildman–Crippen LogP) is 3.23. The molecule has 4 heteroatoms. The third-order valence-electron chi connectivity index (χ3n) is 3.03. The first-order valence-corrected chi connectivity index (χ1v) is 6.07. The SMILES string of the molecule is CN(CCc1ccc(F)c(F)c1)c1cccc(N)c1. The number of halogens is 2. The average molecular weight is 262 g/mol. The number of likely N-dealkylation sites (N-methyl/N-ethyl adjacent to an activating group) is 1. The molecule has 0 atom stereocenters. The second kappa shape index (κ2) is 5.69. The zero-order chi connectivity index (χ0) is 13.8. The summed E-state index contributed by atoms with van der Waals surface area (Å²) in [5, 5.41) is 0. The maximum atomic E-state index is 13.1. The molecule has 2 nitrogen and oxygen atoms in total. The molecule has 2 rings (SSSR count). The fraction of sp³-hybridized carbons (Fsp3) is 0.200. The third-order valence-corrected chi connectivity index (χ3v) is 3.03. The van der Waals surface area contributed by atoms with Crippen LogP contribution in [-0.2, 0) is 6.42 Å². The fourth-order valence-electron chi connectivity index (χ4n) is 1.88. The van der Waals surface area contributed by atoms with Gasteiger partial charge < -0.3 is 10.6 Å². The van der Waals surface area contributed by atoms with Gasteiger partial charge in [-0.15, -0.1) is 0 Å². The number of benzene rings is 2. The second-order valence-corrected chi connectivity index (χ2v) is 4.52. The summed E-state index contributed by atoms with van der Waals surface area (Å²) in [4.78, 5) is 2.03. The Morgan fingerprint density at radius 2 is 1.84 bits per heavy atom. The van der Waals surface area contributed by atoms with Gasteiger partial charge in [-0.2, -0.15) is 0 Å². The van der Waals surface area contributed by atoms with Gasteiger partial charge in [0.2, 0.25) is 0 Å². The van der Waals surface area contributed by atoms with Crippen LogP contribution in [0.2, 0.25) is 0 Å². The van der Waals surface area contributed by atoms with E-state index in [0.29, 0.717) is 18.7 Å². The van der Waals surface area contributed by atoms with Gasteiger partial charge in [-0.3, -0.25) is 0 Å². The van der Waals surface area contributed by atoms with Gasteiger partial charge in [0, 0.05) is 25.0 Å². The molecule has 0 radical (unpaired) electrons. The lowest BCUT2D eigenvalue weighted by molar-refractivity contribution is 0.507. The molecule has 0 fully saturated rings. The van der Waals surface area contributed by atoms with Crippen molar-refractivity contribution in [2.24, 2.45) is 0 Å². The summed E-state index contributed by atoms with van der Waals surface area (Å²) < 4.78 is 25.9. The van der Waals surface area contributed by atoms with Crippen molar-refractivity contribution in [3.8, 4) is 0 Å². The van der Waals surface area contributed by atoms with Crippen LogP contribution in [0, 0.1) is 11.6 Å². The van der Waals surface area contributed by atoms with Crippen molar-refractivity contribution in [3.63, 3.8) is 0 Å². The quantitative estimate of drug-likeness (QED) is 0.857. The van der Waals surface area contributed by atoms with Gasteiger partial charge in [0.15, 0.2) is 11.6 Å². The summed E-state index contributed by atoms with van der Waals surface area (Å²) in [6, 6.07) is 11.6. The van der Waals surface area contributed by atoms with Crippen LogP contribution in [0.25, 0.3) is 0 Å². The van der Waals surface area contributed by atoms with Crippen LogP contribution in [0.5, 0.6) is 0 Å². The van der Waals surface area contributed by atoms with E-state index in [1.165, 1.54) is 6.07 Å². The van der Waals surface area contributed by atoms with E-state index >= 15 is 0 Å². The van der Waals surface area contributed by atoms with E-state index in [9.17, 15) is 8.78 Å². The summed E-state index contributed by atoms with van der Waals surface area (Å²) >= 11 is 0. The predicted molar refractivity (Wildman–Crippen MR) is 74.2 cm³/mol. The van der Waals surface area contributed by atoms with E-state index in [2.05, 4.69) is 0 Å². The smallest absolute Gasteiger partial charge is 0.159 e. The van der Waals surface area contributed by atoms with E-state index in [4.69, 9.17) is 5.73 Å². The molecule has 2 aromatic carbocycles. The molecule has 0 bridgehead atoms. The van der Waals surface area contributed by atoms with Gasteiger partial charge >= 0.3 is 0 Å². The van der Waals surface area contributed by atoms with Gasteiger partial charge in [-0.1, -0.05) is 12.1 Å². The molecule has 100 valence electrons. The standard InChI is InChI=1S/C15H16F2N2/c1-19(13-4-2-3-12(18)10-13)8-7-11-5-6-14(16)15(17)9-11/h2-6,9-10H,7-8,18H2,1H3. The highest BCUT2D eigenvalue weighted by Gasteiger charge is 2.05. The van der Waals surface area contributed by atoms with Gasteiger partial charge in [0.05, 0.1) is 0 Å². The molecule has 0 unspecified atom stereocenters. The number of nitrogens with zero attached hydrogens (tertiary/aromatic N) is 1. The Labute approximate surface area is 111 Å². The summed E-state index contributed by atoms with van der Waals surface area (Å²) in [6.07, 6.45) is 0.641. The molecular weight excluding hydrogens is 246 g/mol. The fourth-order valence-corrected chi connectivity index (χ4v) is 1.88. The van der Waals surface area contributed by atoms with Crippen molar-refractivity contribution in [1.82, 2.24) is 0 Å². The first-order valence-electron chi connectivity index (χ1n) is 6.07. The van der Waals surface area contributed by atoms with Crippen molar-refractivity contribution in [2.75, 3.05) is 24.2 Å². The largest absolute Gasteiger partial charge is 0.399 e. The molecular formula is C15H16F2N2. The Hall–Kier alpha value is -2.10. The second-order valence-electron chi connectivity index (χ2n) is 4.52. The van der Waals surface area contributed by atoms with Crippen LogP contribution in [0.1, 0.15) is 5.56 Å². The highest BCUT2D eigenvalue weighted by atomic mass is 19.2. The van der Waals surface area contributed by atoms with Crippen LogP contribution in [0.15, 0.2) is 42.5 Å². The lowest BCUT2D eigenvalue weighted by Crippen LogP contribution is -2.20. The van der Waals surface area contributed by atoms with Crippen molar-refractivity contribution >= 4 is 11.4 Å². The minimum absolute atomic E-state index is 0.641. The van der Waals surface area contributed by atoms with Gasteiger partial charge in [-0.05, 0) is 42.3 Å². The number of hydrogen-bond acceptors (Lipinski definition) is 2. The van der Waals surface area contributed by atoms with Crippen LogP contribution >= 0.6 is 0 Å². The van der Waals surface area contributed by atoms with Gasteiger partial charge in [0.1, 0.15) is 0 Å². The summed E-state index contributed by atoms with van der Waals surface area (Å²) in [5.74, 6) is -1.61. The molecule has 0 amide bonds. The van der Waals surface area contributed by atoms with Crippen molar-refractivity contribution in [1.29, 1.82) is 0 Å². The average Bonchev–Trinajstić information content (AvgIpc) is 2.40. The molecule has 0 spiro atoms. The van der Waals surface area contributed by atoms with Gasteiger partial charge in [0.25, 0.3) is 0 Å². The van der Waals surface area contributed by atoms with Crippen LogP contribution in [-0.4, -0.2) is 13.6 Å². The molecule has 0 saturated heterocycles. The number of nitrogens with two attached hydrogens (primary N) is 1. The molecule has 0 aromatic heterocycles. The zero-order valence-electron chi connectivity index (χ0n) is 10.7. The number of rotatable bonds is 4. The number of nitrogen functional groups attached to an aromatic ring is 1. The first-order chi connectivity index (χ1) is 9.06. The zero-order valence-corrected chi connectivity index (χ0v) is 10.7. The minimum atomic E-state index is -0.812. The molecule has 0 aliphatic heterocycles. The normalized spacial score (nSPS) is 10.5. The summed E-state index contributed by atoms with van der Waals surface area (Å²) in [5.41, 5.74) is 8.20. The molecule has 19 heavy (non-hydrogen) atoms. The van der Waals surface area contributed by atoms with Crippen molar-refractivity contribution in [3.05, 3.63) is 59.7 Å². The molecule has 2 aromatic rings. The van der Waals surface area contributed by atoms with Gasteiger partial charge in [-0.25, -0.2) is 8.78 Å². The Bertz CT molecular complexity index is 570. The van der Waals surface area contributed by atoms with Crippen molar-refractivity contribution < 1.29 is 8.78 Å². The lowest BCUT2D eigenvalue weighted by atomic mass is 10.1. The maximum Gasteiger partial charge on any atom is 0.159 e. The minimum Gasteiger partial charge on any atom is -0.399 e. The van der Waals surface area contributed by atoms with Crippen LogP contribution in [0.4, 0.5) is 20.2 Å². The first kappa shape index (κ1) is 13.3. The van der Waals surface area contributed by atoms with E-state index in [1.807, 2.05) is 36.2 Å². The van der Waals surface area contributed by atoms with Crippen molar-refractivity contribution in [2.45, 2.75) is 6.42 Å². The van der Waals surface area contributed by atoms with E-state index in [1.54, 1.807) is 6.07 Å². The number of anilines is 2. The van der Waals surface area contributed by atoms with Crippen LogP contribution < -0.4 is 10.6 Å². The monoisotopic (exact) mass is 262 g/mol. The third kappa shape index (κ3) is 3.44. The Balaban J connectivity index is 2.00. The Morgan fingerprint density at radius 1 is 1.05 bits per heavy atom. The van der Waals surface area contributed by atoms with E-state index in [-0.39, 0.29) is 0 Å². The summed E-state index contributed by atoms with van der Waals surface area (Å²) in [6.45, 7) is 0.703. The Kier molecular flexibility index (Phi) is 4.00. The molecule has 2 N–H and O–H groups in total. The molecule has 0 aliphatic carbocycles. The number of hydrogen-bond donors (Lipinski definition) is 1. The summed E-state index contributed by atoms with van der Waals surface area (Å²) in [7, 11) is 1.94. The van der Waals surface area contributed by atoms with E-state index in [0.717, 1.165) is 17.3 Å². The molecule has 0 aliphatic rings. The highest BCUT2D eigenvalue weighted by Crippen LogP contribution is 2.17. The molecule has 0 heterocycles. The Morgan fingerprint density at radius 3 is 2.53 bits per heavy atom. The maximum absolute atomic E-state index is 13.1.